The molecule has 0 amide bonds. The van der Waals surface area contributed by atoms with Gasteiger partial charge in [0.1, 0.15) is 12.4 Å². The number of hydrogen-bond donors (Lipinski definition) is 1. The average Bonchev–Trinajstić information content (AvgIpc) is 2.96. The van der Waals surface area contributed by atoms with Crippen molar-refractivity contribution in [3.05, 3.63) is 30.0 Å². The first-order valence-corrected chi connectivity index (χ1v) is 8.28. The van der Waals surface area contributed by atoms with Crippen LogP contribution in [0.15, 0.2) is 24.4 Å². The predicted octanol–water partition coefficient (Wildman–Crippen LogP) is 2.32. The topological polar surface area (TPSA) is 67.0 Å². The molecule has 0 bridgehead atoms. The summed E-state index contributed by atoms with van der Waals surface area (Å²) in [5.74, 6) is 0.689. The second-order valence-corrected chi connectivity index (χ2v) is 6.35. The van der Waals surface area contributed by atoms with Crippen LogP contribution >= 0.6 is 0 Å². The molecule has 1 aromatic heterocycles. The number of H-pyrrole nitrogens is 1. The van der Waals surface area contributed by atoms with Crippen molar-refractivity contribution in [3.63, 3.8) is 0 Å². The van der Waals surface area contributed by atoms with Crippen molar-refractivity contribution in [2.75, 3.05) is 54.7 Å². The zero-order chi connectivity index (χ0) is 18.2. The maximum absolute atomic E-state index is 11.5. The van der Waals surface area contributed by atoms with Gasteiger partial charge < -0.3 is 29.0 Å². The fraction of sp³-hybridized carbons (Fsp3) is 0.500. The van der Waals surface area contributed by atoms with Gasteiger partial charge >= 0.3 is 6.16 Å². The van der Waals surface area contributed by atoms with E-state index in [1.807, 2.05) is 57.5 Å². The average molecular weight is 349 g/mol. The highest BCUT2D eigenvalue weighted by Gasteiger charge is 2.11. The smallest absolute Gasteiger partial charge is 0.457 e. The lowest BCUT2D eigenvalue weighted by Gasteiger charge is -2.12. The largest absolute Gasteiger partial charge is 0.511 e. The van der Waals surface area contributed by atoms with Gasteiger partial charge in [-0.3, -0.25) is 0 Å². The quantitative estimate of drug-likeness (QED) is 0.554. The molecular formula is C18H27N3O4. The van der Waals surface area contributed by atoms with E-state index in [-0.39, 0.29) is 13.4 Å². The van der Waals surface area contributed by atoms with E-state index in [4.69, 9.17) is 14.2 Å². The van der Waals surface area contributed by atoms with Crippen LogP contribution in [0.3, 0.4) is 0 Å². The van der Waals surface area contributed by atoms with E-state index < -0.39 is 6.16 Å². The maximum Gasteiger partial charge on any atom is 0.511 e. The van der Waals surface area contributed by atoms with E-state index in [1.165, 1.54) is 5.56 Å². The zero-order valence-electron chi connectivity index (χ0n) is 15.4. The number of aromatic nitrogens is 1. The Labute approximate surface area is 148 Å². The molecule has 1 heterocycles. The van der Waals surface area contributed by atoms with E-state index in [0.29, 0.717) is 12.3 Å². The molecule has 0 atom stereocenters. The minimum absolute atomic E-state index is 0.182. The van der Waals surface area contributed by atoms with Crippen LogP contribution in [0.4, 0.5) is 4.79 Å². The predicted molar refractivity (Wildman–Crippen MR) is 97.0 cm³/mol. The molecule has 2 aromatic rings. The van der Waals surface area contributed by atoms with Crippen LogP contribution in [-0.2, 0) is 15.9 Å². The number of nitrogens with zero attached hydrogens (tertiary/aromatic N) is 2. The second kappa shape index (κ2) is 9.29. The summed E-state index contributed by atoms with van der Waals surface area (Å²) in [5, 5.41) is 1.02. The molecule has 0 saturated heterocycles. The van der Waals surface area contributed by atoms with Crippen molar-refractivity contribution < 1.29 is 19.0 Å². The number of carbonyl (C=O) groups excluding carboxylic acids is 1. The highest BCUT2D eigenvalue weighted by atomic mass is 16.8. The third kappa shape index (κ3) is 5.95. The molecule has 25 heavy (non-hydrogen) atoms. The molecule has 7 heteroatoms. The molecular weight excluding hydrogens is 322 g/mol. The van der Waals surface area contributed by atoms with Gasteiger partial charge in [0.25, 0.3) is 0 Å². The van der Waals surface area contributed by atoms with Crippen LogP contribution < -0.4 is 4.74 Å². The number of carbonyl (C=O) groups is 1. The molecule has 0 saturated carbocycles. The normalized spacial score (nSPS) is 11.3. The number of aromatic amines is 1. The molecule has 2 rings (SSSR count). The molecule has 138 valence electrons. The van der Waals surface area contributed by atoms with Crippen LogP contribution in [0.25, 0.3) is 10.9 Å². The number of rotatable bonds is 9. The Bertz CT molecular complexity index is 682. The molecule has 0 unspecified atom stereocenters. The van der Waals surface area contributed by atoms with Crippen LogP contribution in [0.1, 0.15) is 5.56 Å². The van der Waals surface area contributed by atoms with E-state index in [9.17, 15) is 4.79 Å². The molecule has 1 N–H and O–H groups in total. The number of benzene rings is 1. The molecule has 0 aliphatic heterocycles. The van der Waals surface area contributed by atoms with Crippen molar-refractivity contribution >= 4 is 17.1 Å². The highest BCUT2D eigenvalue weighted by molar-refractivity contribution is 5.89. The van der Waals surface area contributed by atoms with E-state index in [0.717, 1.165) is 23.9 Å². The Balaban J connectivity index is 1.92. The molecule has 0 spiro atoms. The fourth-order valence-corrected chi connectivity index (χ4v) is 2.38. The lowest BCUT2D eigenvalue weighted by molar-refractivity contribution is 0.00331. The summed E-state index contributed by atoms with van der Waals surface area (Å²) in [6.45, 7) is 1.69. The van der Waals surface area contributed by atoms with Gasteiger partial charge in [0, 0.05) is 30.2 Å². The van der Waals surface area contributed by atoms with Crippen LogP contribution in [0.5, 0.6) is 5.75 Å². The summed E-state index contributed by atoms with van der Waals surface area (Å²) < 4.78 is 15.6. The van der Waals surface area contributed by atoms with Gasteiger partial charge in [-0.2, -0.15) is 0 Å². The Kier molecular flexibility index (Phi) is 7.09. The fourth-order valence-electron chi connectivity index (χ4n) is 2.38. The molecule has 0 radical (unpaired) electrons. The minimum atomic E-state index is -0.726. The maximum atomic E-state index is 11.5. The Morgan fingerprint density at radius 2 is 1.84 bits per heavy atom. The lowest BCUT2D eigenvalue weighted by Crippen LogP contribution is -2.21. The molecule has 0 aliphatic carbocycles. The van der Waals surface area contributed by atoms with Crippen molar-refractivity contribution in [3.8, 4) is 5.75 Å². The SMILES string of the molecule is CN(C)CCOC(=O)OCOc1cccc2[nH]cc(CCN(C)C)c12. The molecule has 7 nitrogen and oxygen atoms in total. The van der Waals surface area contributed by atoms with Gasteiger partial charge in [0.15, 0.2) is 0 Å². The second-order valence-electron chi connectivity index (χ2n) is 6.35. The van der Waals surface area contributed by atoms with Gasteiger partial charge in [-0.15, -0.1) is 0 Å². The number of likely N-dealkylation sites (N-methyl/N-ethyl adjacent to an activating group) is 2. The number of ether oxygens (including phenoxy) is 3. The summed E-state index contributed by atoms with van der Waals surface area (Å²) in [5.41, 5.74) is 2.17. The third-order valence-electron chi connectivity index (χ3n) is 3.73. The van der Waals surface area contributed by atoms with Gasteiger partial charge in [0.05, 0.1) is 0 Å². The van der Waals surface area contributed by atoms with Crippen LogP contribution in [0, 0.1) is 0 Å². The van der Waals surface area contributed by atoms with E-state index in [2.05, 4.69) is 9.88 Å². The van der Waals surface area contributed by atoms with Crippen LogP contribution in [-0.4, -0.2) is 75.6 Å². The summed E-state index contributed by atoms with van der Waals surface area (Å²) in [6, 6.07) is 5.77. The van der Waals surface area contributed by atoms with Gasteiger partial charge in [-0.25, -0.2) is 4.79 Å². The Morgan fingerprint density at radius 3 is 2.56 bits per heavy atom. The Morgan fingerprint density at radius 1 is 1.08 bits per heavy atom. The van der Waals surface area contributed by atoms with Crippen molar-refractivity contribution in [2.45, 2.75) is 6.42 Å². The van der Waals surface area contributed by atoms with Crippen molar-refractivity contribution in [2.24, 2.45) is 0 Å². The van der Waals surface area contributed by atoms with Gasteiger partial charge in [0.2, 0.25) is 6.79 Å². The van der Waals surface area contributed by atoms with Crippen molar-refractivity contribution in [1.29, 1.82) is 0 Å². The minimum Gasteiger partial charge on any atom is -0.457 e. The first-order chi connectivity index (χ1) is 12.0. The van der Waals surface area contributed by atoms with Gasteiger partial charge in [-0.05, 0) is 52.3 Å². The van der Waals surface area contributed by atoms with Crippen molar-refractivity contribution in [1.82, 2.24) is 14.8 Å². The van der Waals surface area contributed by atoms with Gasteiger partial charge in [-0.1, -0.05) is 6.07 Å². The first-order valence-electron chi connectivity index (χ1n) is 8.28. The zero-order valence-corrected chi connectivity index (χ0v) is 15.4. The number of hydrogen-bond acceptors (Lipinski definition) is 6. The van der Waals surface area contributed by atoms with Crippen LogP contribution in [0.2, 0.25) is 0 Å². The first kappa shape index (κ1) is 19.1. The molecule has 0 aliphatic rings. The third-order valence-corrected chi connectivity index (χ3v) is 3.73. The Hall–Kier alpha value is -2.25. The number of nitrogens with one attached hydrogen (secondary N) is 1. The highest BCUT2D eigenvalue weighted by Crippen LogP contribution is 2.29. The molecule has 1 aromatic carbocycles. The van der Waals surface area contributed by atoms with E-state index in [1.54, 1.807) is 0 Å². The summed E-state index contributed by atoms with van der Waals surface area (Å²) in [7, 11) is 7.90. The summed E-state index contributed by atoms with van der Waals surface area (Å²) >= 11 is 0. The lowest BCUT2D eigenvalue weighted by atomic mass is 10.1. The summed E-state index contributed by atoms with van der Waals surface area (Å²) in [6.07, 6.45) is 2.18. The molecule has 0 fully saturated rings. The monoisotopic (exact) mass is 349 g/mol. The number of fused-ring (bicyclic) bond motifs is 1. The standard InChI is InChI=1S/C18H27N3O4/c1-20(2)9-8-14-12-19-15-6-5-7-16(17(14)15)24-13-25-18(22)23-11-10-21(3)4/h5-7,12,19H,8-11,13H2,1-4H3. The van der Waals surface area contributed by atoms with E-state index >= 15 is 0 Å². The summed E-state index contributed by atoms with van der Waals surface area (Å²) in [4.78, 5) is 18.8.